The van der Waals surface area contributed by atoms with E-state index in [1.165, 1.54) is 11.1 Å². The van der Waals surface area contributed by atoms with Crippen molar-refractivity contribution in [3.8, 4) is 5.75 Å². The number of benzene rings is 1. The lowest BCUT2D eigenvalue weighted by molar-refractivity contribution is 0.414. The highest BCUT2D eigenvalue weighted by Gasteiger charge is 2.23. The summed E-state index contributed by atoms with van der Waals surface area (Å²) >= 11 is 0. The van der Waals surface area contributed by atoms with Gasteiger partial charge < -0.3 is 4.74 Å². The summed E-state index contributed by atoms with van der Waals surface area (Å²) < 4.78 is 5.19. The van der Waals surface area contributed by atoms with Gasteiger partial charge in [-0.2, -0.15) is 0 Å². The van der Waals surface area contributed by atoms with Crippen LogP contribution in [0.15, 0.2) is 60.7 Å². The van der Waals surface area contributed by atoms with Crippen molar-refractivity contribution >= 4 is 0 Å². The Labute approximate surface area is 138 Å². The summed E-state index contributed by atoms with van der Waals surface area (Å²) in [6, 6.07) is 8.22. The van der Waals surface area contributed by atoms with E-state index in [0.29, 0.717) is 0 Å². The Bertz CT molecular complexity index is 447. The topological polar surface area (TPSA) is 9.23 Å². The van der Waals surface area contributed by atoms with Gasteiger partial charge in [0.1, 0.15) is 5.75 Å². The summed E-state index contributed by atoms with van der Waals surface area (Å²) in [5.41, 5.74) is 2.45. The molecule has 124 valence electrons. The Kier molecular flexibility index (Phi) is 13.2. The highest BCUT2D eigenvalue weighted by atomic mass is 16.5. The standard InChI is InChI=1S/C17H22O.2C2H6/c1-6-8-14(9-7-2)17(3,4)15-10-12-16(18-5)13-11-15;2*1-2/h6-13H,1H2,2-5H3;2*1-2H3/b9-7-,14-8+;;. The molecule has 22 heavy (non-hydrogen) atoms. The van der Waals surface area contributed by atoms with E-state index < -0.39 is 0 Å². The van der Waals surface area contributed by atoms with Crippen molar-refractivity contribution in [3.05, 3.63) is 66.3 Å². The predicted octanol–water partition coefficient (Wildman–Crippen LogP) is 6.71. The zero-order chi connectivity index (χ0) is 17.6. The predicted molar refractivity (Wildman–Crippen MR) is 102 cm³/mol. The van der Waals surface area contributed by atoms with Gasteiger partial charge in [-0.1, -0.05) is 84.6 Å². The monoisotopic (exact) mass is 302 g/mol. The molecular formula is C21H34O. The fraction of sp³-hybridized carbons (Fsp3) is 0.429. The zero-order valence-electron chi connectivity index (χ0n) is 15.7. The Morgan fingerprint density at radius 3 is 1.91 bits per heavy atom. The first-order chi connectivity index (χ1) is 10.6. The van der Waals surface area contributed by atoms with E-state index in [2.05, 4.69) is 50.8 Å². The number of ether oxygens (including phenoxy) is 1. The quantitative estimate of drug-likeness (QED) is 0.549. The Morgan fingerprint density at radius 1 is 1.05 bits per heavy atom. The average Bonchev–Trinajstić information content (AvgIpc) is 2.58. The highest BCUT2D eigenvalue weighted by molar-refractivity contribution is 5.43. The summed E-state index contributed by atoms with van der Waals surface area (Å²) in [6.45, 7) is 18.2. The van der Waals surface area contributed by atoms with Crippen LogP contribution in [-0.4, -0.2) is 7.11 Å². The summed E-state index contributed by atoms with van der Waals surface area (Å²) in [6.07, 6.45) is 8.08. The molecule has 0 aliphatic carbocycles. The molecule has 0 heterocycles. The molecule has 1 rings (SSSR count). The second-order valence-corrected chi connectivity index (χ2v) is 4.71. The molecule has 0 aliphatic rings. The Morgan fingerprint density at radius 2 is 1.55 bits per heavy atom. The largest absolute Gasteiger partial charge is 0.497 e. The van der Waals surface area contributed by atoms with Crippen molar-refractivity contribution in [1.29, 1.82) is 0 Å². The van der Waals surface area contributed by atoms with Gasteiger partial charge in [0.05, 0.1) is 7.11 Å². The van der Waals surface area contributed by atoms with Crippen molar-refractivity contribution in [3.63, 3.8) is 0 Å². The Balaban J connectivity index is 0. The number of rotatable bonds is 5. The van der Waals surface area contributed by atoms with Crippen molar-refractivity contribution in [2.24, 2.45) is 0 Å². The van der Waals surface area contributed by atoms with E-state index in [9.17, 15) is 0 Å². The van der Waals surface area contributed by atoms with Crippen molar-refractivity contribution < 1.29 is 4.74 Å². The summed E-state index contributed by atoms with van der Waals surface area (Å²) in [5, 5.41) is 0. The smallest absolute Gasteiger partial charge is 0.118 e. The fourth-order valence-electron chi connectivity index (χ4n) is 1.95. The van der Waals surface area contributed by atoms with E-state index >= 15 is 0 Å². The Hall–Kier alpha value is -1.76. The van der Waals surface area contributed by atoms with Crippen LogP contribution in [0.3, 0.4) is 0 Å². The maximum atomic E-state index is 5.19. The van der Waals surface area contributed by atoms with E-state index in [-0.39, 0.29) is 5.41 Å². The van der Waals surface area contributed by atoms with Crippen LogP contribution < -0.4 is 4.74 Å². The molecule has 0 unspecified atom stereocenters. The lowest BCUT2D eigenvalue weighted by Gasteiger charge is -2.27. The SMILES string of the molecule is C=C/C=C(\C=C/C)C(C)(C)c1ccc(OC)cc1.CC.CC. The van der Waals surface area contributed by atoms with Crippen LogP contribution in [0.1, 0.15) is 54.0 Å². The van der Waals surface area contributed by atoms with Crippen LogP contribution in [-0.2, 0) is 5.41 Å². The molecule has 0 saturated heterocycles. The molecular weight excluding hydrogens is 268 g/mol. The molecule has 0 aliphatic heterocycles. The number of hydrogen-bond acceptors (Lipinski definition) is 1. The molecule has 0 radical (unpaired) electrons. The lowest BCUT2D eigenvalue weighted by Crippen LogP contribution is -2.19. The first kappa shape index (κ1) is 22.5. The highest BCUT2D eigenvalue weighted by Crippen LogP contribution is 2.33. The fourth-order valence-corrected chi connectivity index (χ4v) is 1.95. The average molecular weight is 303 g/mol. The molecule has 0 saturated carbocycles. The number of allylic oxidation sites excluding steroid dienone is 5. The third kappa shape index (κ3) is 6.80. The molecule has 0 bridgehead atoms. The lowest BCUT2D eigenvalue weighted by atomic mass is 9.77. The maximum absolute atomic E-state index is 5.19. The number of methoxy groups -OCH3 is 1. The maximum Gasteiger partial charge on any atom is 0.118 e. The van der Waals surface area contributed by atoms with Gasteiger partial charge in [-0.25, -0.2) is 0 Å². The molecule has 0 atom stereocenters. The van der Waals surface area contributed by atoms with E-state index in [1.807, 2.05) is 52.8 Å². The third-order valence-corrected chi connectivity index (χ3v) is 3.18. The van der Waals surface area contributed by atoms with Crippen molar-refractivity contribution in [2.75, 3.05) is 7.11 Å². The van der Waals surface area contributed by atoms with Crippen LogP contribution in [0, 0.1) is 0 Å². The van der Waals surface area contributed by atoms with Gasteiger partial charge in [0.15, 0.2) is 0 Å². The van der Waals surface area contributed by atoms with Crippen LogP contribution in [0.4, 0.5) is 0 Å². The molecule has 0 N–H and O–H groups in total. The van der Waals surface area contributed by atoms with Gasteiger partial charge in [0, 0.05) is 5.41 Å². The molecule has 1 aromatic carbocycles. The van der Waals surface area contributed by atoms with E-state index in [0.717, 1.165) is 5.75 Å². The van der Waals surface area contributed by atoms with Crippen LogP contribution >= 0.6 is 0 Å². The van der Waals surface area contributed by atoms with Gasteiger partial charge in [-0.05, 0) is 30.2 Å². The van der Waals surface area contributed by atoms with Crippen molar-refractivity contribution in [1.82, 2.24) is 0 Å². The van der Waals surface area contributed by atoms with Crippen LogP contribution in [0.5, 0.6) is 5.75 Å². The number of hydrogen-bond donors (Lipinski definition) is 0. The third-order valence-electron chi connectivity index (χ3n) is 3.18. The first-order valence-electron chi connectivity index (χ1n) is 8.16. The second kappa shape index (κ2) is 12.9. The van der Waals surface area contributed by atoms with Gasteiger partial charge in [0.2, 0.25) is 0 Å². The summed E-state index contributed by atoms with van der Waals surface area (Å²) in [5.74, 6) is 0.884. The molecule has 1 heteroatoms. The van der Waals surface area contributed by atoms with Gasteiger partial charge in [-0.15, -0.1) is 0 Å². The minimum absolute atomic E-state index is 0.0486. The normalized spacial score (nSPS) is 11.0. The molecule has 1 nitrogen and oxygen atoms in total. The molecule has 0 amide bonds. The minimum atomic E-state index is -0.0486. The van der Waals surface area contributed by atoms with E-state index in [4.69, 9.17) is 4.74 Å². The van der Waals surface area contributed by atoms with Crippen LogP contribution in [0.25, 0.3) is 0 Å². The zero-order valence-corrected chi connectivity index (χ0v) is 15.7. The van der Waals surface area contributed by atoms with Gasteiger partial charge in [-0.3, -0.25) is 0 Å². The molecule has 1 aromatic rings. The van der Waals surface area contributed by atoms with Crippen molar-refractivity contribution in [2.45, 2.75) is 53.9 Å². The summed E-state index contributed by atoms with van der Waals surface area (Å²) in [4.78, 5) is 0. The molecule has 0 aromatic heterocycles. The molecule has 0 fully saturated rings. The van der Waals surface area contributed by atoms with Gasteiger partial charge in [0.25, 0.3) is 0 Å². The van der Waals surface area contributed by atoms with Gasteiger partial charge >= 0.3 is 0 Å². The van der Waals surface area contributed by atoms with Crippen LogP contribution in [0.2, 0.25) is 0 Å². The second-order valence-electron chi connectivity index (χ2n) is 4.71. The first-order valence-corrected chi connectivity index (χ1v) is 8.16. The molecule has 0 spiro atoms. The van der Waals surface area contributed by atoms with E-state index in [1.54, 1.807) is 7.11 Å². The summed E-state index contributed by atoms with van der Waals surface area (Å²) in [7, 11) is 1.68. The minimum Gasteiger partial charge on any atom is -0.497 e.